The third-order valence-corrected chi connectivity index (χ3v) is 5.11. The van der Waals surface area contributed by atoms with Crippen molar-refractivity contribution >= 4 is 17.5 Å². The van der Waals surface area contributed by atoms with E-state index in [-0.39, 0.29) is 6.03 Å². The first kappa shape index (κ1) is 20.5. The molecule has 3 heterocycles. The minimum atomic E-state index is -0.148. The van der Waals surface area contributed by atoms with Gasteiger partial charge in [0.25, 0.3) is 0 Å². The van der Waals surface area contributed by atoms with Crippen LogP contribution in [0.4, 0.5) is 16.3 Å². The second-order valence-electron chi connectivity index (χ2n) is 7.08. The first-order valence-electron chi connectivity index (χ1n) is 9.94. The maximum Gasteiger partial charge on any atom is 0.321 e. The van der Waals surface area contributed by atoms with E-state index < -0.39 is 0 Å². The summed E-state index contributed by atoms with van der Waals surface area (Å²) >= 11 is 0. The van der Waals surface area contributed by atoms with Gasteiger partial charge in [0.2, 0.25) is 0 Å². The van der Waals surface area contributed by atoms with Crippen LogP contribution in [0.3, 0.4) is 0 Å². The molecule has 0 aliphatic carbocycles. The van der Waals surface area contributed by atoms with E-state index in [9.17, 15) is 4.79 Å². The summed E-state index contributed by atoms with van der Waals surface area (Å²) in [5.74, 6) is 3.49. The van der Waals surface area contributed by atoms with Crippen molar-refractivity contribution in [3.8, 4) is 17.3 Å². The Bertz CT molecular complexity index is 1050. The summed E-state index contributed by atoms with van der Waals surface area (Å²) in [4.78, 5) is 29.8. The van der Waals surface area contributed by atoms with Crippen LogP contribution in [-0.4, -0.2) is 70.8 Å². The van der Waals surface area contributed by atoms with Crippen LogP contribution < -0.4 is 19.7 Å². The lowest BCUT2D eigenvalue weighted by molar-refractivity contribution is 0.208. The van der Waals surface area contributed by atoms with Gasteiger partial charge in [0.15, 0.2) is 11.5 Å². The summed E-state index contributed by atoms with van der Waals surface area (Å²) < 4.78 is 12.4. The molecule has 1 aliphatic rings. The van der Waals surface area contributed by atoms with Crippen molar-refractivity contribution in [1.82, 2.24) is 24.4 Å². The number of amides is 2. The normalized spacial score (nSPS) is 13.8. The van der Waals surface area contributed by atoms with E-state index in [0.717, 1.165) is 11.6 Å². The number of urea groups is 1. The van der Waals surface area contributed by atoms with Gasteiger partial charge < -0.3 is 24.6 Å². The molecule has 0 spiro atoms. The van der Waals surface area contributed by atoms with Crippen molar-refractivity contribution in [1.29, 1.82) is 0 Å². The van der Waals surface area contributed by atoms with Crippen molar-refractivity contribution < 1.29 is 14.3 Å². The lowest BCUT2D eigenvalue weighted by atomic mass is 10.2. The molecule has 1 aliphatic heterocycles. The van der Waals surface area contributed by atoms with Crippen LogP contribution in [0, 0.1) is 6.92 Å². The molecule has 1 fully saturated rings. The van der Waals surface area contributed by atoms with E-state index in [1.54, 1.807) is 49.8 Å². The lowest BCUT2D eigenvalue weighted by Gasteiger charge is -2.35. The Morgan fingerprint density at radius 2 is 1.74 bits per heavy atom. The minimum Gasteiger partial charge on any atom is -0.493 e. The van der Waals surface area contributed by atoms with Gasteiger partial charge in [-0.25, -0.2) is 19.7 Å². The molecule has 162 valence electrons. The molecule has 0 unspecified atom stereocenters. The van der Waals surface area contributed by atoms with Gasteiger partial charge in [-0.2, -0.15) is 0 Å². The van der Waals surface area contributed by atoms with Gasteiger partial charge in [-0.15, -0.1) is 0 Å². The first-order chi connectivity index (χ1) is 15.1. The second kappa shape index (κ2) is 8.90. The number of nitrogens with one attached hydrogen (secondary N) is 1. The van der Waals surface area contributed by atoms with E-state index in [1.165, 1.54) is 0 Å². The van der Waals surface area contributed by atoms with Crippen LogP contribution in [0.1, 0.15) is 5.82 Å². The zero-order valence-electron chi connectivity index (χ0n) is 17.8. The third kappa shape index (κ3) is 4.52. The number of hydrogen-bond acceptors (Lipinski definition) is 7. The van der Waals surface area contributed by atoms with Gasteiger partial charge in [-0.05, 0) is 19.1 Å². The molecule has 0 saturated carbocycles. The number of carbonyl (C=O) groups is 1. The lowest BCUT2D eigenvalue weighted by Crippen LogP contribution is -2.50. The maximum absolute atomic E-state index is 12.7. The van der Waals surface area contributed by atoms with Crippen LogP contribution in [0.15, 0.2) is 43.0 Å². The highest BCUT2D eigenvalue weighted by Crippen LogP contribution is 2.30. The molecule has 0 radical (unpaired) electrons. The highest BCUT2D eigenvalue weighted by atomic mass is 16.5. The van der Waals surface area contributed by atoms with Crippen LogP contribution >= 0.6 is 0 Å². The summed E-state index contributed by atoms with van der Waals surface area (Å²) in [7, 11) is 3.14. The number of anilines is 2. The molecule has 31 heavy (non-hydrogen) atoms. The van der Waals surface area contributed by atoms with Crippen molar-refractivity contribution in [2.45, 2.75) is 6.92 Å². The largest absolute Gasteiger partial charge is 0.493 e. The molecular weight excluding hydrogens is 398 g/mol. The Balaban J connectivity index is 1.39. The van der Waals surface area contributed by atoms with Crippen LogP contribution in [-0.2, 0) is 0 Å². The van der Waals surface area contributed by atoms with Gasteiger partial charge in [-0.3, -0.25) is 4.57 Å². The van der Waals surface area contributed by atoms with Gasteiger partial charge in [0.05, 0.1) is 14.2 Å². The fraction of sp³-hybridized carbons (Fsp3) is 0.333. The number of imidazole rings is 1. The second-order valence-corrected chi connectivity index (χ2v) is 7.08. The SMILES string of the molecule is COc1ccc(NC(=O)N2CCN(c3cc(-n4ccnc4)nc(C)n3)CC2)cc1OC. The Morgan fingerprint density at radius 3 is 2.42 bits per heavy atom. The van der Waals surface area contributed by atoms with Crippen LogP contribution in [0.25, 0.3) is 5.82 Å². The maximum atomic E-state index is 12.7. The Hall–Kier alpha value is -3.82. The van der Waals surface area contributed by atoms with E-state index in [4.69, 9.17) is 9.47 Å². The summed E-state index contributed by atoms with van der Waals surface area (Å²) in [6.07, 6.45) is 5.27. The Morgan fingerprint density at radius 1 is 1.00 bits per heavy atom. The average Bonchev–Trinajstić information content (AvgIpc) is 3.34. The molecule has 3 aromatic rings. The number of hydrogen-bond donors (Lipinski definition) is 1. The molecule has 1 aromatic carbocycles. The number of methoxy groups -OCH3 is 2. The van der Waals surface area contributed by atoms with Gasteiger partial charge in [0, 0.05) is 56.4 Å². The van der Waals surface area contributed by atoms with Crippen LogP contribution in [0.5, 0.6) is 11.5 Å². The molecule has 10 nitrogen and oxygen atoms in total. The molecule has 2 aromatic heterocycles. The summed E-state index contributed by atoms with van der Waals surface area (Å²) in [5.41, 5.74) is 0.654. The fourth-order valence-corrected chi connectivity index (χ4v) is 3.48. The smallest absolute Gasteiger partial charge is 0.321 e. The molecular formula is C21H25N7O3. The monoisotopic (exact) mass is 423 g/mol. The summed E-state index contributed by atoms with van der Waals surface area (Å²) in [5, 5.41) is 2.93. The number of aryl methyl sites for hydroxylation is 1. The van der Waals surface area contributed by atoms with Crippen molar-refractivity contribution in [2.24, 2.45) is 0 Å². The molecule has 10 heteroatoms. The Kier molecular flexibility index (Phi) is 5.87. The number of rotatable bonds is 5. The highest BCUT2D eigenvalue weighted by Gasteiger charge is 2.23. The Labute approximate surface area is 180 Å². The average molecular weight is 423 g/mol. The van der Waals surface area contributed by atoms with Crippen LogP contribution in [0.2, 0.25) is 0 Å². The standard InChI is InChI=1S/C21H25N7O3/c1-15-23-19(13-20(24-15)28-7-6-22-14-28)26-8-10-27(11-9-26)21(29)25-16-4-5-17(30-2)18(12-16)31-3/h4-7,12-14H,8-11H2,1-3H3,(H,25,29). The first-order valence-corrected chi connectivity index (χ1v) is 9.94. The summed E-state index contributed by atoms with van der Waals surface area (Å²) in [6, 6.07) is 7.09. The molecule has 1 saturated heterocycles. The van der Waals surface area contributed by atoms with E-state index in [2.05, 4.69) is 25.2 Å². The minimum absolute atomic E-state index is 0.148. The quantitative estimate of drug-likeness (QED) is 0.673. The number of benzene rings is 1. The van der Waals surface area contributed by atoms with Crippen molar-refractivity contribution in [3.05, 3.63) is 48.8 Å². The predicted molar refractivity (Wildman–Crippen MR) is 116 cm³/mol. The molecule has 4 rings (SSSR count). The number of aromatic nitrogens is 4. The molecule has 2 amide bonds. The van der Waals surface area contributed by atoms with E-state index >= 15 is 0 Å². The fourth-order valence-electron chi connectivity index (χ4n) is 3.48. The molecule has 0 bridgehead atoms. The van der Waals surface area contributed by atoms with Gasteiger partial charge in [0.1, 0.15) is 23.8 Å². The zero-order chi connectivity index (χ0) is 21.8. The van der Waals surface area contributed by atoms with Crippen molar-refractivity contribution in [2.75, 3.05) is 50.6 Å². The molecule has 1 N–H and O–H groups in total. The number of nitrogens with zero attached hydrogens (tertiary/aromatic N) is 6. The van der Waals surface area contributed by atoms with Crippen molar-refractivity contribution in [3.63, 3.8) is 0 Å². The zero-order valence-corrected chi connectivity index (χ0v) is 17.8. The van der Waals surface area contributed by atoms with E-state index in [1.807, 2.05) is 23.8 Å². The number of ether oxygens (including phenoxy) is 2. The predicted octanol–water partition coefficient (Wildman–Crippen LogP) is 2.34. The van der Waals surface area contributed by atoms with Gasteiger partial charge in [-0.1, -0.05) is 0 Å². The highest BCUT2D eigenvalue weighted by molar-refractivity contribution is 5.90. The summed E-state index contributed by atoms with van der Waals surface area (Å²) in [6.45, 7) is 4.40. The third-order valence-electron chi connectivity index (χ3n) is 5.11. The number of piperazine rings is 1. The molecule has 0 atom stereocenters. The van der Waals surface area contributed by atoms with E-state index in [0.29, 0.717) is 49.2 Å². The topological polar surface area (TPSA) is 97.6 Å². The number of carbonyl (C=O) groups excluding carboxylic acids is 1. The van der Waals surface area contributed by atoms with Gasteiger partial charge >= 0.3 is 6.03 Å².